The molecule has 2 aromatic carbocycles. The smallest absolute Gasteiger partial charge is 0.337 e. The minimum absolute atomic E-state index is 0.0863. The molecule has 1 aliphatic rings. The van der Waals surface area contributed by atoms with E-state index < -0.39 is 23.7 Å². The van der Waals surface area contributed by atoms with Crippen LogP contribution >= 0.6 is 0 Å². The van der Waals surface area contributed by atoms with Crippen molar-refractivity contribution < 1.29 is 23.9 Å². The van der Waals surface area contributed by atoms with Gasteiger partial charge < -0.3 is 10.1 Å². The lowest BCUT2D eigenvalue weighted by Crippen LogP contribution is -2.46. The van der Waals surface area contributed by atoms with Crippen molar-refractivity contribution in [1.82, 2.24) is 4.90 Å². The van der Waals surface area contributed by atoms with Gasteiger partial charge in [0.25, 0.3) is 5.91 Å². The molecule has 0 saturated carbocycles. The molecule has 3 amide bonds. The topological polar surface area (TPSA) is 92.8 Å². The molecule has 1 heterocycles. The zero-order valence-corrected chi connectivity index (χ0v) is 14.0. The lowest BCUT2D eigenvalue weighted by Gasteiger charge is -2.26. The molecule has 1 N–H and O–H groups in total. The van der Waals surface area contributed by atoms with Crippen LogP contribution in [-0.2, 0) is 20.7 Å². The number of ether oxygens (including phenoxy) is 1. The van der Waals surface area contributed by atoms with Crippen LogP contribution in [0.1, 0.15) is 26.3 Å². The summed E-state index contributed by atoms with van der Waals surface area (Å²) >= 11 is 0. The van der Waals surface area contributed by atoms with Gasteiger partial charge >= 0.3 is 5.97 Å². The van der Waals surface area contributed by atoms with Crippen molar-refractivity contribution in [3.63, 3.8) is 0 Å². The molecule has 0 saturated heterocycles. The van der Waals surface area contributed by atoms with Crippen LogP contribution in [0.15, 0.2) is 48.5 Å². The molecule has 3 rings (SSSR count). The second-order valence-electron chi connectivity index (χ2n) is 5.74. The highest BCUT2D eigenvalue weighted by molar-refractivity contribution is 6.12. The van der Waals surface area contributed by atoms with Crippen LogP contribution in [0.25, 0.3) is 0 Å². The van der Waals surface area contributed by atoms with Gasteiger partial charge in [-0.2, -0.15) is 0 Å². The first-order valence-corrected chi connectivity index (χ1v) is 7.90. The van der Waals surface area contributed by atoms with E-state index in [-0.39, 0.29) is 13.0 Å². The number of nitrogens with zero attached hydrogens (tertiary/aromatic N) is 1. The minimum atomic E-state index is -0.503. The number of esters is 1. The van der Waals surface area contributed by atoms with E-state index in [4.69, 9.17) is 0 Å². The first kappa shape index (κ1) is 17.3. The Morgan fingerprint density at radius 3 is 2.46 bits per heavy atom. The Kier molecular flexibility index (Phi) is 4.79. The number of carbonyl (C=O) groups excluding carboxylic acids is 4. The van der Waals surface area contributed by atoms with Crippen molar-refractivity contribution in [3.8, 4) is 0 Å². The zero-order valence-electron chi connectivity index (χ0n) is 14.0. The van der Waals surface area contributed by atoms with Gasteiger partial charge in [-0.15, -0.1) is 0 Å². The van der Waals surface area contributed by atoms with E-state index in [2.05, 4.69) is 10.1 Å². The van der Waals surface area contributed by atoms with Crippen LogP contribution in [-0.4, -0.2) is 42.2 Å². The van der Waals surface area contributed by atoms with Gasteiger partial charge in [0.1, 0.15) is 6.54 Å². The standard InChI is InChI=1S/C19H16N2O5/c1-26-19(25)12-6-8-14(9-7-12)20-16(22)11-21-17(23)10-13-4-2-3-5-15(13)18(21)24/h2-9H,10-11H2,1H3,(H,20,22). The van der Waals surface area contributed by atoms with Crippen LogP contribution in [0, 0.1) is 0 Å². The molecular formula is C19H16N2O5. The average molecular weight is 352 g/mol. The highest BCUT2D eigenvalue weighted by Gasteiger charge is 2.31. The van der Waals surface area contributed by atoms with Gasteiger partial charge in [0, 0.05) is 11.3 Å². The van der Waals surface area contributed by atoms with E-state index in [1.807, 2.05) is 0 Å². The number of hydrogen-bond donors (Lipinski definition) is 1. The number of rotatable bonds is 4. The summed E-state index contributed by atoms with van der Waals surface area (Å²) in [4.78, 5) is 49.2. The molecule has 0 unspecified atom stereocenters. The molecule has 26 heavy (non-hydrogen) atoms. The Morgan fingerprint density at radius 1 is 1.08 bits per heavy atom. The van der Waals surface area contributed by atoms with Gasteiger partial charge in [-0.25, -0.2) is 4.79 Å². The number of benzene rings is 2. The summed E-state index contributed by atoms with van der Waals surface area (Å²) in [5, 5.41) is 2.60. The number of nitrogens with one attached hydrogen (secondary N) is 1. The second-order valence-corrected chi connectivity index (χ2v) is 5.74. The van der Waals surface area contributed by atoms with E-state index in [1.54, 1.807) is 36.4 Å². The molecule has 0 atom stereocenters. The summed E-state index contributed by atoms with van der Waals surface area (Å²) in [6.07, 6.45) is 0.0863. The number of amides is 3. The average Bonchev–Trinajstić information content (AvgIpc) is 2.65. The zero-order chi connectivity index (χ0) is 18.7. The molecule has 1 aliphatic heterocycles. The van der Waals surface area contributed by atoms with E-state index in [1.165, 1.54) is 19.2 Å². The van der Waals surface area contributed by atoms with E-state index in [9.17, 15) is 19.2 Å². The first-order chi connectivity index (χ1) is 12.5. The molecule has 0 bridgehead atoms. The number of hydrogen-bond acceptors (Lipinski definition) is 5. The van der Waals surface area contributed by atoms with Gasteiger partial charge in [-0.05, 0) is 35.9 Å². The van der Waals surface area contributed by atoms with Crippen molar-refractivity contribution in [1.29, 1.82) is 0 Å². The maximum atomic E-state index is 12.4. The van der Waals surface area contributed by atoms with Crippen LogP contribution in [0.4, 0.5) is 5.69 Å². The van der Waals surface area contributed by atoms with E-state index in [0.717, 1.165) is 4.90 Å². The summed E-state index contributed by atoms with van der Waals surface area (Å²) in [6, 6.07) is 12.9. The summed E-state index contributed by atoms with van der Waals surface area (Å²) in [5.41, 5.74) is 1.89. The number of fused-ring (bicyclic) bond motifs is 1. The van der Waals surface area contributed by atoms with Gasteiger partial charge in [0.05, 0.1) is 19.1 Å². The molecule has 0 aromatic heterocycles. The summed E-state index contributed by atoms with van der Waals surface area (Å²) in [6.45, 7) is -0.370. The maximum absolute atomic E-state index is 12.4. The third kappa shape index (κ3) is 3.46. The monoisotopic (exact) mass is 352 g/mol. The third-order valence-electron chi connectivity index (χ3n) is 4.03. The lowest BCUT2D eigenvalue weighted by atomic mass is 9.98. The quantitative estimate of drug-likeness (QED) is 0.667. The van der Waals surface area contributed by atoms with Gasteiger partial charge in [0.2, 0.25) is 11.8 Å². The second kappa shape index (κ2) is 7.18. The normalized spacial score (nSPS) is 13.2. The fourth-order valence-electron chi connectivity index (χ4n) is 2.71. The highest BCUT2D eigenvalue weighted by atomic mass is 16.5. The summed E-state index contributed by atoms with van der Waals surface area (Å²) in [5.74, 6) is -1.87. The number of imide groups is 1. The van der Waals surface area contributed by atoms with Crippen molar-refractivity contribution in [3.05, 3.63) is 65.2 Å². The third-order valence-corrected chi connectivity index (χ3v) is 4.03. The molecular weight excluding hydrogens is 336 g/mol. The van der Waals surface area contributed by atoms with E-state index in [0.29, 0.717) is 22.4 Å². The fraction of sp³-hybridized carbons (Fsp3) is 0.158. The predicted molar refractivity (Wildman–Crippen MR) is 92.6 cm³/mol. The van der Waals surface area contributed by atoms with Gasteiger partial charge in [-0.1, -0.05) is 18.2 Å². The molecule has 0 aliphatic carbocycles. The Bertz CT molecular complexity index is 889. The van der Waals surface area contributed by atoms with E-state index >= 15 is 0 Å². The van der Waals surface area contributed by atoms with Crippen LogP contribution in [0.2, 0.25) is 0 Å². The predicted octanol–water partition coefficient (Wildman–Crippen LogP) is 1.64. The Hall–Kier alpha value is -3.48. The largest absolute Gasteiger partial charge is 0.465 e. The molecule has 0 radical (unpaired) electrons. The summed E-state index contributed by atoms with van der Waals surface area (Å²) < 4.78 is 4.60. The molecule has 7 nitrogen and oxygen atoms in total. The molecule has 132 valence electrons. The molecule has 0 fully saturated rings. The number of methoxy groups -OCH3 is 1. The molecule has 7 heteroatoms. The maximum Gasteiger partial charge on any atom is 0.337 e. The Labute approximate surface area is 149 Å². The van der Waals surface area contributed by atoms with Crippen LogP contribution < -0.4 is 5.32 Å². The number of anilines is 1. The Morgan fingerprint density at radius 2 is 1.77 bits per heavy atom. The van der Waals surface area contributed by atoms with Gasteiger partial charge in [-0.3, -0.25) is 19.3 Å². The van der Waals surface area contributed by atoms with Crippen LogP contribution in [0.5, 0.6) is 0 Å². The van der Waals surface area contributed by atoms with Crippen molar-refractivity contribution in [2.75, 3.05) is 19.0 Å². The van der Waals surface area contributed by atoms with Crippen LogP contribution in [0.3, 0.4) is 0 Å². The lowest BCUT2D eigenvalue weighted by molar-refractivity contribution is -0.131. The first-order valence-electron chi connectivity index (χ1n) is 7.90. The minimum Gasteiger partial charge on any atom is -0.465 e. The molecule has 0 spiro atoms. The molecule has 2 aromatic rings. The van der Waals surface area contributed by atoms with Gasteiger partial charge in [0.15, 0.2) is 0 Å². The van der Waals surface area contributed by atoms with Crippen molar-refractivity contribution >= 4 is 29.4 Å². The highest BCUT2D eigenvalue weighted by Crippen LogP contribution is 2.19. The SMILES string of the molecule is COC(=O)c1ccc(NC(=O)CN2C(=O)Cc3ccccc3C2=O)cc1. The fourth-order valence-corrected chi connectivity index (χ4v) is 2.71. The van der Waals surface area contributed by atoms with Crippen molar-refractivity contribution in [2.45, 2.75) is 6.42 Å². The van der Waals surface area contributed by atoms with Crippen molar-refractivity contribution in [2.24, 2.45) is 0 Å². The number of carbonyl (C=O) groups is 4. The Balaban J connectivity index is 1.67. The summed E-state index contributed by atoms with van der Waals surface area (Å²) in [7, 11) is 1.28.